The lowest BCUT2D eigenvalue weighted by Crippen LogP contribution is -2.42. The number of aromatic nitrogens is 1. The van der Waals surface area contributed by atoms with Crippen LogP contribution in [0.2, 0.25) is 5.02 Å². The van der Waals surface area contributed by atoms with Crippen LogP contribution in [0.15, 0.2) is 24.4 Å². The monoisotopic (exact) mass is 326 g/mol. The number of thioether (sulfide) groups is 1. The zero-order valence-electron chi connectivity index (χ0n) is 12.1. The van der Waals surface area contributed by atoms with E-state index in [-0.39, 0.29) is 18.9 Å². The third-order valence-corrected chi connectivity index (χ3v) is 4.35. The summed E-state index contributed by atoms with van der Waals surface area (Å²) in [6.07, 6.45) is 4.00. The fraction of sp³-hybridized carbons (Fsp3) is 0.400. The van der Waals surface area contributed by atoms with Crippen molar-refractivity contribution in [3.05, 3.63) is 35.0 Å². The minimum Gasteiger partial charge on any atom is -0.387 e. The van der Waals surface area contributed by atoms with E-state index < -0.39 is 5.60 Å². The molecule has 2 rings (SSSR count). The summed E-state index contributed by atoms with van der Waals surface area (Å²) in [5.41, 5.74) is 0.963. The number of aromatic amines is 1. The smallest absolute Gasteiger partial charge is 0.224 e. The van der Waals surface area contributed by atoms with Gasteiger partial charge >= 0.3 is 0 Å². The molecule has 0 saturated heterocycles. The third kappa shape index (κ3) is 4.40. The Balaban J connectivity index is 2.00. The summed E-state index contributed by atoms with van der Waals surface area (Å²) in [7, 11) is 0. The normalized spacial score (nSPS) is 14.1. The Bertz CT molecular complexity index is 640. The molecule has 6 heteroatoms. The van der Waals surface area contributed by atoms with E-state index in [4.69, 9.17) is 11.6 Å². The van der Waals surface area contributed by atoms with Crippen LogP contribution in [0.1, 0.15) is 12.5 Å². The maximum absolute atomic E-state index is 12.0. The first-order valence-electron chi connectivity index (χ1n) is 6.65. The lowest BCUT2D eigenvalue weighted by Gasteiger charge is -2.22. The van der Waals surface area contributed by atoms with Crippen LogP contribution >= 0.6 is 23.4 Å². The lowest BCUT2D eigenvalue weighted by atomic mass is 10.1. The van der Waals surface area contributed by atoms with Crippen LogP contribution in [0, 0.1) is 0 Å². The van der Waals surface area contributed by atoms with Crippen molar-refractivity contribution in [1.29, 1.82) is 0 Å². The van der Waals surface area contributed by atoms with E-state index in [0.717, 1.165) is 16.5 Å². The number of amides is 1. The first-order chi connectivity index (χ1) is 9.91. The number of H-pyrrole nitrogens is 1. The Morgan fingerprint density at radius 3 is 3.00 bits per heavy atom. The molecule has 1 amide bonds. The number of fused-ring (bicyclic) bond motifs is 1. The van der Waals surface area contributed by atoms with Gasteiger partial charge < -0.3 is 15.4 Å². The molecule has 1 aromatic carbocycles. The fourth-order valence-corrected chi connectivity index (χ4v) is 3.08. The summed E-state index contributed by atoms with van der Waals surface area (Å²) < 4.78 is 0. The van der Waals surface area contributed by atoms with E-state index in [9.17, 15) is 9.90 Å². The van der Waals surface area contributed by atoms with Gasteiger partial charge in [0.15, 0.2) is 0 Å². The second kappa shape index (κ2) is 6.73. The number of hydrogen-bond donors (Lipinski definition) is 3. The van der Waals surface area contributed by atoms with Gasteiger partial charge in [-0.05, 0) is 36.9 Å². The highest BCUT2D eigenvalue weighted by Crippen LogP contribution is 2.22. The van der Waals surface area contributed by atoms with Gasteiger partial charge in [0.2, 0.25) is 5.91 Å². The summed E-state index contributed by atoms with van der Waals surface area (Å²) in [5.74, 6) is 0.466. The molecule has 0 aliphatic rings. The minimum atomic E-state index is -0.890. The average molecular weight is 327 g/mol. The average Bonchev–Trinajstić information content (AvgIpc) is 2.79. The van der Waals surface area contributed by atoms with E-state index >= 15 is 0 Å². The molecule has 1 unspecified atom stereocenters. The van der Waals surface area contributed by atoms with Crippen LogP contribution in [0.4, 0.5) is 0 Å². The van der Waals surface area contributed by atoms with Crippen LogP contribution in [-0.4, -0.2) is 40.2 Å². The molecule has 1 heterocycles. The number of halogens is 1. The molecule has 0 fully saturated rings. The highest BCUT2D eigenvalue weighted by atomic mass is 35.5. The largest absolute Gasteiger partial charge is 0.387 e. The van der Waals surface area contributed by atoms with Crippen LogP contribution < -0.4 is 5.32 Å². The van der Waals surface area contributed by atoms with Gasteiger partial charge in [-0.15, -0.1) is 0 Å². The molecule has 0 aliphatic heterocycles. The van der Waals surface area contributed by atoms with Crippen molar-refractivity contribution >= 4 is 40.2 Å². The zero-order valence-corrected chi connectivity index (χ0v) is 13.6. The van der Waals surface area contributed by atoms with Crippen molar-refractivity contribution in [1.82, 2.24) is 10.3 Å². The standard InChI is InChI=1S/C15H19ClN2O2S/c1-15(20,9-21-2)8-18-14(19)5-10-7-17-13-4-3-11(16)6-12(10)13/h3-4,6-7,17,20H,5,8-9H2,1-2H3,(H,18,19). The van der Waals surface area contributed by atoms with Crippen LogP contribution in [0.3, 0.4) is 0 Å². The van der Waals surface area contributed by atoms with E-state index in [1.165, 1.54) is 0 Å². The Morgan fingerprint density at radius 2 is 2.29 bits per heavy atom. The number of aliphatic hydroxyl groups is 1. The number of rotatable bonds is 6. The van der Waals surface area contributed by atoms with Crippen LogP contribution in [0.25, 0.3) is 10.9 Å². The topological polar surface area (TPSA) is 65.1 Å². The number of carbonyl (C=O) groups excluding carboxylic acids is 1. The first-order valence-corrected chi connectivity index (χ1v) is 8.42. The molecule has 0 radical (unpaired) electrons. The van der Waals surface area contributed by atoms with Crippen molar-refractivity contribution in [3.63, 3.8) is 0 Å². The predicted octanol–water partition coefficient (Wildman–Crippen LogP) is 2.59. The van der Waals surface area contributed by atoms with Crippen molar-refractivity contribution < 1.29 is 9.90 Å². The Labute approximate surface area is 133 Å². The van der Waals surface area contributed by atoms with Gasteiger partial charge in [-0.2, -0.15) is 11.8 Å². The lowest BCUT2D eigenvalue weighted by molar-refractivity contribution is -0.121. The predicted molar refractivity (Wildman–Crippen MR) is 89.0 cm³/mol. The second-order valence-electron chi connectivity index (χ2n) is 5.39. The molecule has 1 atom stereocenters. The maximum Gasteiger partial charge on any atom is 0.224 e. The number of benzene rings is 1. The second-order valence-corrected chi connectivity index (χ2v) is 6.69. The van der Waals surface area contributed by atoms with Crippen molar-refractivity contribution in [3.8, 4) is 0 Å². The highest BCUT2D eigenvalue weighted by Gasteiger charge is 2.20. The number of carbonyl (C=O) groups is 1. The SMILES string of the molecule is CSCC(C)(O)CNC(=O)Cc1c[nH]c2ccc(Cl)cc12. The van der Waals surface area contributed by atoms with Gasteiger partial charge in [0, 0.05) is 34.4 Å². The third-order valence-electron chi connectivity index (χ3n) is 3.20. The molecular weight excluding hydrogens is 308 g/mol. The van der Waals surface area contributed by atoms with Crippen LogP contribution in [0.5, 0.6) is 0 Å². The Kier molecular flexibility index (Phi) is 5.19. The highest BCUT2D eigenvalue weighted by molar-refractivity contribution is 7.98. The molecule has 0 spiro atoms. The van der Waals surface area contributed by atoms with Gasteiger partial charge in [-0.1, -0.05) is 11.6 Å². The van der Waals surface area contributed by atoms with Crippen molar-refractivity contribution in [2.75, 3.05) is 18.6 Å². The van der Waals surface area contributed by atoms with E-state index in [2.05, 4.69) is 10.3 Å². The molecule has 0 saturated carbocycles. The van der Waals surface area contributed by atoms with Gasteiger partial charge in [0.25, 0.3) is 0 Å². The van der Waals surface area contributed by atoms with Crippen molar-refractivity contribution in [2.45, 2.75) is 18.9 Å². The first kappa shape index (κ1) is 16.2. The molecule has 4 nitrogen and oxygen atoms in total. The summed E-state index contributed by atoms with van der Waals surface area (Å²) in [6.45, 7) is 1.96. The van der Waals surface area contributed by atoms with E-state index in [0.29, 0.717) is 10.8 Å². The Hall–Kier alpha value is -1.17. The molecule has 0 bridgehead atoms. The van der Waals surface area contributed by atoms with Gasteiger partial charge in [-0.25, -0.2) is 0 Å². The molecule has 2 aromatic rings. The zero-order chi connectivity index (χ0) is 15.5. The molecular formula is C15H19ClN2O2S. The molecule has 1 aromatic heterocycles. The molecule has 21 heavy (non-hydrogen) atoms. The minimum absolute atomic E-state index is 0.114. The summed E-state index contributed by atoms with van der Waals surface area (Å²) in [4.78, 5) is 15.1. The van der Waals surface area contributed by atoms with Gasteiger partial charge in [-0.3, -0.25) is 4.79 Å². The number of hydrogen-bond acceptors (Lipinski definition) is 3. The number of nitrogens with one attached hydrogen (secondary N) is 2. The molecule has 114 valence electrons. The van der Waals surface area contributed by atoms with Crippen LogP contribution in [-0.2, 0) is 11.2 Å². The summed E-state index contributed by atoms with van der Waals surface area (Å²) >= 11 is 7.54. The summed E-state index contributed by atoms with van der Waals surface area (Å²) in [5, 5.41) is 14.4. The van der Waals surface area contributed by atoms with E-state index in [1.807, 2.05) is 30.7 Å². The van der Waals surface area contributed by atoms with Gasteiger partial charge in [0.05, 0.1) is 12.0 Å². The maximum atomic E-state index is 12.0. The van der Waals surface area contributed by atoms with E-state index in [1.54, 1.807) is 18.7 Å². The molecule has 0 aliphatic carbocycles. The quantitative estimate of drug-likeness (QED) is 0.764. The Morgan fingerprint density at radius 1 is 1.52 bits per heavy atom. The van der Waals surface area contributed by atoms with Crippen molar-refractivity contribution in [2.24, 2.45) is 0 Å². The molecule has 3 N–H and O–H groups in total. The van der Waals surface area contributed by atoms with Gasteiger partial charge in [0.1, 0.15) is 0 Å². The summed E-state index contributed by atoms with van der Waals surface area (Å²) in [6, 6.07) is 5.55. The fourth-order valence-electron chi connectivity index (χ4n) is 2.18.